The normalized spacial score (nSPS) is 24.7. The first-order chi connectivity index (χ1) is 13.1. The number of rotatable bonds is 4. The molecule has 0 aromatic heterocycles. The Morgan fingerprint density at radius 3 is 2.81 bits per heavy atom. The summed E-state index contributed by atoms with van der Waals surface area (Å²) in [6, 6.07) is 5.00. The Morgan fingerprint density at radius 2 is 2.00 bits per heavy atom. The molecule has 1 saturated carbocycles. The van der Waals surface area contributed by atoms with E-state index in [1.54, 1.807) is 12.1 Å². The maximum Gasteiger partial charge on any atom is 0.289 e. The molecule has 27 heavy (non-hydrogen) atoms. The number of benzene rings is 1. The van der Waals surface area contributed by atoms with Gasteiger partial charge in [-0.1, -0.05) is 30.7 Å². The second-order valence-corrected chi connectivity index (χ2v) is 7.66. The van der Waals surface area contributed by atoms with E-state index in [9.17, 15) is 14.4 Å². The second kappa shape index (κ2) is 7.64. The fraction of sp³-hybridized carbons (Fsp3) is 0.421. The molecule has 2 heterocycles. The van der Waals surface area contributed by atoms with Crippen molar-refractivity contribution in [3.05, 3.63) is 29.8 Å². The molecule has 3 aliphatic rings. The van der Waals surface area contributed by atoms with Gasteiger partial charge in [-0.2, -0.15) is 0 Å². The molecule has 2 fully saturated rings. The molecule has 142 valence electrons. The van der Waals surface area contributed by atoms with Crippen molar-refractivity contribution >= 4 is 34.9 Å². The Labute approximate surface area is 161 Å². The zero-order valence-electron chi connectivity index (χ0n) is 14.7. The van der Waals surface area contributed by atoms with E-state index in [1.165, 1.54) is 11.0 Å². The Kier molecular flexibility index (Phi) is 5.07. The van der Waals surface area contributed by atoms with Crippen LogP contribution in [0.25, 0.3) is 6.08 Å². The summed E-state index contributed by atoms with van der Waals surface area (Å²) >= 11 is 1.03. The van der Waals surface area contributed by atoms with Gasteiger partial charge in [0, 0.05) is 6.08 Å². The highest BCUT2D eigenvalue weighted by Crippen LogP contribution is 2.33. The van der Waals surface area contributed by atoms with E-state index in [0.29, 0.717) is 11.5 Å². The van der Waals surface area contributed by atoms with Crippen molar-refractivity contribution in [2.45, 2.75) is 37.8 Å². The molecular formula is C19H20N2O5S. The van der Waals surface area contributed by atoms with Gasteiger partial charge in [-0.15, -0.1) is 0 Å². The van der Waals surface area contributed by atoms with Crippen LogP contribution in [-0.4, -0.2) is 46.6 Å². The van der Waals surface area contributed by atoms with Gasteiger partial charge >= 0.3 is 0 Å². The van der Waals surface area contributed by atoms with E-state index in [-0.39, 0.29) is 41.7 Å². The molecule has 8 heteroatoms. The SMILES string of the molecule is O=C(/C=C/c1ccc2c(c1)OCO2)N[C@H]1CCCC[C@@H]1N1C(=O)CSC1=O. The van der Waals surface area contributed by atoms with Crippen molar-refractivity contribution in [1.29, 1.82) is 0 Å². The maximum atomic E-state index is 12.4. The number of hydrogen-bond acceptors (Lipinski definition) is 6. The lowest BCUT2D eigenvalue weighted by Gasteiger charge is -2.36. The van der Waals surface area contributed by atoms with Crippen LogP contribution in [0.4, 0.5) is 4.79 Å². The van der Waals surface area contributed by atoms with Crippen LogP contribution < -0.4 is 14.8 Å². The van der Waals surface area contributed by atoms with Gasteiger partial charge in [0.05, 0.1) is 17.8 Å². The average Bonchev–Trinajstić information content (AvgIpc) is 3.26. The van der Waals surface area contributed by atoms with Crippen molar-refractivity contribution in [3.8, 4) is 11.5 Å². The lowest BCUT2D eigenvalue weighted by Crippen LogP contribution is -2.54. The van der Waals surface area contributed by atoms with Crippen LogP contribution >= 0.6 is 11.8 Å². The first kappa shape index (κ1) is 17.9. The highest BCUT2D eigenvalue weighted by atomic mass is 32.2. The number of ether oxygens (including phenoxy) is 2. The van der Waals surface area contributed by atoms with Gasteiger partial charge < -0.3 is 14.8 Å². The third kappa shape index (κ3) is 3.80. The minimum atomic E-state index is -0.253. The predicted molar refractivity (Wildman–Crippen MR) is 100 cm³/mol. The number of nitrogens with one attached hydrogen (secondary N) is 1. The molecule has 3 amide bonds. The number of carbonyl (C=O) groups excluding carboxylic acids is 3. The van der Waals surface area contributed by atoms with Gasteiger partial charge in [-0.25, -0.2) is 0 Å². The van der Waals surface area contributed by atoms with Crippen LogP contribution in [0.1, 0.15) is 31.2 Å². The van der Waals surface area contributed by atoms with Gasteiger partial charge in [0.2, 0.25) is 18.6 Å². The molecule has 1 N–H and O–H groups in total. The topological polar surface area (TPSA) is 84.9 Å². The third-order valence-electron chi connectivity index (χ3n) is 5.00. The predicted octanol–water partition coefficient (Wildman–Crippen LogP) is 2.55. The minimum Gasteiger partial charge on any atom is -0.454 e. The number of thioether (sulfide) groups is 1. The van der Waals surface area contributed by atoms with Crippen molar-refractivity contribution in [1.82, 2.24) is 10.2 Å². The van der Waals surface area contributed by atoms with Gasteiger partial charge in [0.15, 0.2) is 11.5 Å². The van der Waals surface area contributed by atoms with Gasteiger partial charge in [0.1, 0.15) is 0 Å². The van der Waals surface area contributed by atoms with Crippen LogP contribution in [0, 0.1) is 0 Å². The zero-order chi connectivity index (χ0) is 18.8. The molecule has 7 nitrogen and oxygen atoms in total. The van der Waals surface area contributed by atoms with E-state index < -0.39 is 0 Å². The van der Waals surface area contributed by atoms with E-state index >= 15 is 0 Å². The number of imide groups is 1. The second-order valence-electron chi connectivity index (χ2n) is 6.73. The molecule has 4 rings (SSSR count). The van der Waals surface area contributed by atoms with Crippen LogP contribution in [0.15, 0.2) is 24.3 Å². The average molecular weight is 388 g/mol. The lowest BCUT2D eigenvalue weighted by molar-refractivity contribution is -0.128. The number of carbonyl (C=O) groups is 3. The largest absolute Gasteiger partial charge is 0.454 e. The highest BCUT2D eigenvalue weighted by Gasteiger charge is 2.40. The van der Waals surface area contributed by atoms with E-state index in [2.05, 4.69) is 5.32 Å². The molecule has 2 atom stereocenters. The summed E-state index contributed by atoms with van der Waals surface area (Å²) < 4.78 is 10.6. The van der Waals surface area contributed by atoms with Crippen LogP contribution in [-0.2, 0) is 9.59 Å². The number of fused-ring (bicyclic) bond motifs is 1. The maximum absolute atomic E-state index is 12.4. The molecule has 0 unspecified atom stereocenters. The minimum absolute atomic E-state index is 0.160. The Balaban J connectivity index is 1.41. The van der Waals surface area contributed by atoms with Gasteiger partial charge in [-0.05, 0) is 36.6 Å². The first-order valence-corrected chi connectivity index (χ1v) is 9.97. The quantitative estimate of drug-likeness (QED) is 0.798. The number of amides is 3. The molecule has 0 spiro atoms. The van der Waals surface area contributed by atoms with Gasteiger partial charge in [0.25, 0.3) is 5.24 Å². The first-order valence-electron chi connectivity index (χ1n) is 8.99. The zero-order valence-corrected chi connectivity index (χ0v) is 15.5. The summed E-state index contributed by atoms with van der Waals surface area (Å²) in [5, 5.41) is 2.77. The fourth-order valence-corrected chi connectivity index (χ4v) is 4.46. The van der Waals surface area contributed by atoms with Crippen molar-refractivity contribution < 1.29 is 23.9 Å². The molecule has 1 aromatic rings. The van der Waals surface area contributed by atoms with Crippen molar-refractivity contribution in [3.63, 3.8) is 0 Å². The van der Waals surface area contributed by atoms with E-state index in [1.807, 2.05) is 12.1 Å². The van der Waals surface area contributed by atoms with Gasteiger partial charge in [-0.3, -0.25) is 19.3 Å². The summed E-state index contributed by atoms with van der Waals surface area (Å²) in [6.45, 7) is 0.207. The Hall–Kier alpha value is -2.48. The van der Waals surface area contributed by atoms with E-state index in [0.717, 1.165) is 43.0 Å². The van der Waals surface area contributed by atoms with Crippen LogP contribution in [0.5, 0.6) is 11.5 Å². The molecule has 0 bridgehead atoms. The Bertz CT molecular complexity index is 793. The molecule has 2 aliphatic heterocycles. The molecular weight excluding hydrogens is 368 g/mol. The monoisotopic (exact) mass is 388 g/mol. The third-order valence-corrected chi connectivity index (χ3v) is 5.83. The van der Waals surface area contributed by atoms with Crippen LogP contribution in [0.2, 0.25) is 0 Å². The lowest BCUT2D eigenvalue weighted by atomic mass is 9.89. The van der Waals surface area contributed by atoms with Crippen molar-refractivity contribution in [2.75, 3.05) is 12.5 Å². The fourth-order valence-electron chi connectivity index (χ4n) is 3.69. The van der Waals surface area contributed by atoms with Crippen molar-refractivity contribution in [2.24, 2.45) is 0 Å². The summed E-state index contributed by atoms with van der Waals surface area (Å²) in [5.74, 6) is 1.15. The smallest absolute Gasteiger partial charge is 0.289 e. The van der Waals surface area contributed by atoms with E-state index in [4.69, 9.17) is 9.47 Å². The molecule has 0 radical (unpaired) electrons. The number of nitrogens with zero attached hydrogens (tertiary/aromatic N) is 1. The molecule has 1 aromatic carbocycles. The Morgan fingerprint density at radius 1 is 1.19 bits per heavy atom. The van der Waals surface area contributed by atoms with Crippen LogP contribution in [0.3, 0.4) is 0 Å². The summed E-state index contributed by atoms with van der Waals surface area (Å²) in [6.07, 6.45) is 6.58. The molecule has 1 saturated heterocycles. The number of hydrogen-bond donors (Lipinski definition) is 1. The summed E-state index contributed by atoms with van der Waals surface area (Å²) in [5.41, 5.74) is 0.830. The summed E-state index contributed by atoms with van der Waals surface area (Å²) in [4.78, 5) is 37.8. The highest BCUT2D eigenvalue weighted by molar-refractivity contribution is 8.14. The standard InChI is InChI=1S/C19H20N2O5S/c22-17(8-6-12-5-7-15-16(9-12)26-11-25-15)20-13-3-1-2-4-14(13)21-18(23)10-27-19(21)24/h5-9,13-14H,1-4,10-11H2,(H,20,22)/b8-6+/t13-,14-/m0/s1. The summed E-state index contributed by atoms with van der Waals surface area (Å²) in [7, 11) is 0. The molecule has 1 aliphatic carbocycles.